The number of hydrogen-bond acceptors (Lipinski definition) is 24. The molecule has 15 rings (SSSR count). The lowest BCUT2D eigenvalue weighted by atomic mass is 9.81. The normalized spacial score (nSPS) is 10.7. The molecule has 0 bridgehead atoms. The summed E-state index contributed by atoms with van der Waals surface area (Å²) in [4.78, 5) is 83.2. The highest BCUT2D eigenvalue weighted by atomic mass is 79.9. The Bertz CT molecular complexity index is 5440. The summed E-state index contributed by atoms with van der Waals surface area (Å²) in [5.74, 6) is 0.986. The van der Waals surface area contributed by atoms with Gasteiger partial charge in [0, 0.05) is 120 Å². The first-order valence-corrected chi connectivity index (χ1v) is 41.1. The molecule has 24 nitrogen and oxygen atoms in total. The molecule has 7 aromatic carbocycles. The highest BCUT2D eigenvalue weighted by Crippen LogP contribution is 2.60. The second kappa shape index (κ2) is 51.4. The average molecular weight is 1860 g/mol. The molecule has 119 heavy (non-hydrogen) atoms. The average Bonchev–Trinajstić information content (AvgIpc) is 0.790. The first-order valence-electron chi connectivity index (χ1n) is 35.2. The molecule has 0 amide bonds. The highest BCUT2D eigenvalue weighted by Gasteiger charge is 2.42. The van der Waals surface area contributed by atoms with Gasteiger partial charge in [0.1, 0.15) is 65.4 Å². The number of carbonyl (C=O) groups excluding carboxylic acids is 4. The fourth-order valence-corrected chi connectivity index (χ4v) is 12.7. The Morgan fingerprint density at radius 2 is 0.916 bits per heavy atom. The van der Waals surface area contributed by atoms with E-state index in [4.69, 9.17) is 57.1 Å². The molecule has 7 heterocycles. The van der Waals surface area contributed by atoms with Crippen LogP contribution in [0.4, 0.5) is 5.69 Å². The topological polar surface area (TPSA) is 347 Å². The van der Waals surface area contributed by atoms with E-state index in [0.29, 0.717) is 79.4 Å². The number of hydrogen-bond donors (Lipinski definition) is 4. The van der Waals surface area contributed by atoms with E-state index in [1.165, 1.54) is 31.4 Å². The number of halogens is 5. The largest absolute Gasteiger partial charge is 0.805 e. The molecule has 0 saturated carbocycles. The molecule has 0 fully saturated rings. The van der Waals surface area contributed by atoms with Crippen molar-refractivity contribution in [2.45, 2.75) is 18.6 Å². The number of nitrogens with two attached hydrogens (primary N) is 1. The van der Waals surface area contributed by atoms with Gasteiger partial charge in [0.05, 0.1) is 23.4 Å². The fourth-order valence-electron chi connectivity index (χ4n) is 9.26. The number of nitrogens with zero attached hydrogens (tertiary/aromatic N) is 10. The minimum absolute atomic E-state index is 0.0395. The molecule has 1 aliphatic carbocycles. The van der Waals surface area contributed by atoms with E-state index in [1.807, 2.05) is 115 Å². The van der Waals surface area contributed by atoms with E-state index in [1.54, 1.807) is 207 Å². The van der Waals surface area contributed by atoms with Crippen molar-refractivity contribution in [2.75, 3.05) is 5.32 Å². The zero-order chi connectivity index (χ0) is 84.7. The second-order valence-electron chi connectivity index (χ2n) is 23.8. The van der Waals surface area contributed by atoms with Gasteiger partial charge in [-0.1, -0.05) is 145 Å². The van der Waals surface area contributed by atoms with Gasteiger partial charge in [-0.25, -0.2) is 43.5 Å². The Morgan fingerprint density at radius 3 is 1.29 bits per heavy atom. The molecule has 1 atom stereocenters. The van der Waals surface area contributed by atoms with Crippen molar-refractivity contribution in [3.8, 4) is 34.1 Å². The van der Waals surface area contributed by atoms with Crippen LogP contribution in [0.1, 0.15) is 64.4 Å². The van der Waals surface area contributed by atoms with Gasteiger partial charge in [0.2, 0.25) is 0 Å². The first kappa shape index (κ1) is 91.8. The van der Waals surface area contributed by atoms with Crippen molar-refractivity contribution in [1.82, 2.24) is 49.8 Å². The maximum Gasteiger partial charge on any atom is 0.805 e. The van der Waals surface area contributed by atoms with Crippen LogP contribution in [0.3, 0.4) is 0 Å². The zero-order valence-electron chi connectivity index (χ0n) is 62.5. The first-order chi connectivity index (χ1) is 57.8. The standard InChI is InChI=1S/C24H20BrN2O3P.C17H12ClN3O.C12H10O3P.C11H8BrN3O.C6H6BClO2.C6H4BrNO.C6H6N.C5H4N2O/c25-19-16-17-23(26-18-19)24(27-20-10-4-1-5-11-20)31(28,29-21-12-6-2-7-13-21)30-22-14-8-3-9-15-22;18-15-4-1-13(2-5-15)14-3-6-16(21-10-14)17(22)7-12-8-19-11-20-9-12;13-16(14-11-7-3-1-4-8-11)15-12-9-5-2-6-10-12;12-9-1-2-10(15-6-9)11(16)3-8-4-13-7-14-5-8;8-6-3-1-5(2-4-6)7(9)10;7-5-1-2-6(4-9)8-3-5;7-6-4-2-1-3-5-6;8-3-5-1-6-4-7-2-5/h1-18,24,27H;1-6,8-11H,7H2;1-10H;1-2,4-7H,3H2;1-4,9-10H;1-4H;2-5H,7H2;1-4H/q;;+1;;;;+1;. The Morgan fingerprint density at radius 1 is 0.496 bits per heavy atom. The number of allylic oxidation sites excluding steroid dienone is 5. The number of rotatable bonds is 22. The Balaban J connectivity index is 0.000000178. The van der Waals surface area contributed by atoms with Gasteiger partial charge in [-0.2, -0.15) is 0 Å². The predicted molar refractivity (Wildman–Crippen MR) is 470 cm³/mol. The number of para-hydroxylation sites is 5. The minimum atomic E-state index is -3.86. The predicted octanol–water partition coefficient (Wildman–Crippen LogP) is 19.5. The zero-order valence-corrected chi connectivity index (χ0v) is 70.6. The van der Waals surface area contributed by atoms with E-state index in [0.717, 1.165) is 47.1 Å². The summed E-state index contributed by atoms with van der Waals surface area (Å²) >= 11 is 21.3. The summed E-state index contributed by atoms with van der Waals surface area (Å²) in [5, 5.41) is 21.8. The Hall–Kier alpha value is -12.7. The van der Waals surface area contributed by atoms with Crippen LogP contribution in [0.2, 0.25) is 10.0 Å². The molecule has 5 N–H and O–H groups in total. The number of benzene rings is 7. The Labute approximate surface area is 722 Å². The maximum atomic E-state index is 14.4. The summed E-state index contributed by atoms with van der Waals surface area (Å²) in [5.41, 5.74) is 13.2. The lowest BCUT2D eigenvalue weighted by molar-refractivity contribution is 0.0980. The van der Waals surface area contributed by atoms with Gasteiger partial charge in [-0.05, 0) is 197 Å². The molecule has 1 unspecified atom stereocenters. The third kappa shape index (κ3) is 35.0. The van der Waals surface area contributed by atoms with Crippen LogP contribution in [0.25, 0.3) is 11.1 Å². The molecule has 32 heteroatoms. The van der Waals surface area contributed by atoms with Gasteiger partial charge in [-0.15, -0.1) is 0 Å². The minimum Gasteiger partial charge on any atom is -0.423 e. The Kier molecular flexibility index (Phi) is 39.7. The summed E-state index contributed by atoms with van der Waals surface area (Å²) in [7, 11) is -7.45. The third-order valence-corrected chi connectivity index (χ3v) is 19.5. The summed E-state index contributed by atoms with van der Waals surface area (Å²) in [6.45, 7) is 0. The van der Waals surface area contributed by atoms with Crippen molar-refractivity contribution < 1.29 is 56.5 Å². The molecule has 0 saturated heterocycles. The maximum absolute atomic E-state index is 14.4. The molecular formula is C87H70BBr3Cl2N12O12P2+2. The molecule has 7 aromatic heterocycles. The van der Waals surface area contributed by atoms with Crippen molar-refractivity contribution in [3.63, 3.8) is 0 Å². The van der Waals surface area contributed by atoms with Gasteiger partial charge in [0.15, 0.2) is 41.4 Å². The lowest BCUT2D eigenvalue weighted by Crippen LogP contribution is -2.29. The van der Waals surface area contributed by atoms with Crippen LogP contribution >= 0.6 is 86.8 Å². The van der Waals surface area contributed by atoms with Crippen LogP contribution in [0.15, 0.2) is 373 Å². The number of aromatic nitrogens is 10. The number of carbonyl (C=O) groups is 4. The second-order valence-corrected chi connectivity index (χ2v) is 30.1. The number of anilines is 1. The monoisotopic (exact) mass is 1850 g/mol. The van der Waals surface area contributed by atoms with Gasteiger partial charge in [0.25, 0.3) is 0 Å². The molecular weight excluding hydrogens is 1790 g/mol. The number of aldehydes is 2. The molecule has 14 aromatic rings. The highest BCUT2D eigenvalue weighted by molar-refractivity contribution is 9.11. The van der Waals surface area contributed by atoms with Crippen LogP contribution in [-0.2, 0) is 22.0 Å². The third-order valence-electron chi connectivity index (χ3n) is 14.9. The van der Waals surface area contributed by atoms with E-state index in [2.05, 4.69) is 109 Å². The SMILES string of the molecule is NC1=CC=[C+]C=C1.O=C(Cc1cncnc1)c1ccc(-c2ccc(Cl)cc2)cn1.O=C(Cc1cncnc1)c1ccc(Br)cn1.O=Cc1ccc(Br)cn1.O=Cc1cncnc1.O=P(Oc1ccccc1)(Oc1ccccc1)C(Nc1ccccc1)c1ccc(Br)cn1.O=[P+](Oc1ccccc1)Oc1ccccc1.OB(O)c1ccc(Cl)cc1. The van der Waals surface area contributed by atoms with Crippen molar-refractivity contribution >= 4 is 129 Å². The summed E-state index contributed by atoms with van der Waals surface area (Å²) in [6, 6.07) is 73.3. The molecule has 596 valence electrons. The number of ketones is 2. The fraction of sp³-hybridized carbons (Fsp3) is 0.0345. The smallest absolute Gasteiger partial charge is 0.423 e. The number of pyridine rings is 4. The molecule has 0 aliphatic heterocycles. The number of Topliss-reactive ketones (excluding diaryl/α,β-unsaturated/α-hetero) is 2. The van der Waals surface area contributed by atoms with Crippen LogP contribution in [0, 0.1) is 6.08 Å². The van der Waals surface area contributed by atoms with E-state index in [9.17, 15) is 28.3 Å². The number of nitrogens with one attached hydrogen (secondary N) is 1. The van der Waals surface area contributed by atoms with Crippen molar-refractivity contribution in [1.29, 1.82) is 0 Å². The van der Waals surface area contributed by atoms with Crippen LogP contribution in [-0.4, -0.2) is 91.1 Å². The quantitative estimate of drug-likeness (QED) is 0.0161. The molecule has 0 radical (unpaired) electrons. The lowest BCUT2D eigenvalue weighted by Gasteiger charge is -2.28. The van der Waals surface area contributed by atoms with Crippen LogP contribution in [0.5, 0.6) is 23.0 Å². The van der Waals surface area contributed by atoms with Crippen LogP contribution < -0.4 is 34.6 Å². The molecule has 1 aliphatic rings. The van der Waals surface area contributed by atoms with Crippen molar-refractivity contribution in [2.24, 2.45) is 5.73 Å². The van der Waals surface area contributed by atoms with Gasteiger partial charge in [-0.3, -0.25) is 39.1 Å². The van der Waals surface area contributed by atoms with E-state index in [-0.39, 0.29) is 24.4 Å². The van der Waals surface area contributed by atoms with E-state index >= 15 is 0 Å². The summed E-state index contributed by atoms with van der Waals surface area (Å²) < 4.78 is 50.7. The van der Waals surface area contributed by atoms with Gasteiger partial charge >= 0.3 is 23.0 Å². The summed E-state index contributed by atoms with van der Waals surface area (Å²) in [6.07, 6.45) is 32.2. The van der Waals surface area contributed by atoms with Crippen molar-refractivity contribution in [3.05, 3.63) is 429 Å². The van der Waals surface area contributed by atoms with Gasteiger partial charge < -0.3 is 30.1 Å². The van der Waals surface area contributed by atoms with E-state index < -0.39 is 28.8 Å². The molecule has 0 spiro atoms.